The molecule has 2 rings (SSSR count). The summed E-state index contributed by atoms with van der Waals surface area (Å²) in [5.74, 6) is 0. The average Bonchev–Trinajstić information content (AvgIpc) is 2.27. The van der Waals surface area contributed by atoms with Crippen molar-refractivity contribution in [2.75, 3.05) is 7.11 Å². The molecule has 1 aromatic rings. The monoisotopic (exact) mass is 253 g/mol. The summed E-state index contributed by atoms with van der Waals surface area (Å²) in [6.45, 7) is 2.00. The highest BCUT2D eigenvalue weighted by atomic mass is 35.5. The molecular weight excluding hydrogens is 234 g/mol. The van der Waals surface area contributed by atoms with Crippen LogP contribution >= 0.6 is 11.6 Å². The molecular formula is C14H20ClNO. The van der Waals surface area contributed by atoms with Gasteiger partial charge >= 0.3 is 0 Å². The van der Waals surface area contributed by atoms with Crippen LogP contribution in [-0.4, -0.2) is 12.7 Å². The molecule has 1 atom stereocenters. The first-order chi connectivity index (χ1) is 8.06. The van der Waals surface area contributed by atoms with Crippen molar-refractivity contribution in [2.45, 2.75) is 44.2 Å². The normalized spacial score (nSPS) is 19.8. The van der Waals surface area contributed by atoms with Gasteiger partial charge in [-0.1, -0.05) is 23.7 Å². The summed E-state index contributed by atoms with van der Waals surface area (Å²) in [4.78, 5) is 0. The van der Waals surface area contributed by atoms with E-state index in [0.29, 0.717) is 0 Å². The number of ether oxygens (including phenoxy) is 1. The maximum atomic E-state index is 6.25. The topological polar surface area (TPSA) is 35.2 Å². The number of aryl methyl sites for hydroxylation is 1. The summed E-state index contributed by atoms with van der Waals surface area (Å²) in [5.41, 5.74) is 8.45. The first-order valence-corrected chi connectivity index (χ1v) is 6.51. The van der Waals surface area contributed by atoms with Crippen molar-refractivity contribution in [1.82, 2.24) is 0 Å². The van der Waals surface area contributed by atoms with Crippen LogP contribution in [0.1, 0.15) is 42.9 Å². The molecule has 3 heteroatoms. The molecule has 1 aromatic carbocycles. The van der Waals surface area contributed by atoms with Crippen LogP contribution in [0.5, 0.6) is 0 Å². The number of rotatable bonds is 4. The number of hydrogen-bond acceptors (Lipinski definition) is 2. The van der Waals surface area contributed by atoms with Crippen molar-refractivity contribution in [3.63, 3.8) is 0 Å². The summed E-state index contributed by atoms with van der Waals surface area (Å²) in [5, 5.41) is 0.790. The molecule has 0 bridgehead atoms. The smallest absolute Gasteiger partial charge is 0.0696 e. The van der Waals surface area contributed by atoms with Gasteiger partial charge in [-0.3, -0.25) is 0 Å². The number of methoxy groups -OCH3 is 1. The van der Waals surface area contributed by atoms with Crippen LogP contribution in [0.25, 0.3) is 0 Å². The Bertz CT molecular complexity index is 396. The highest BCUT2D eigenvalue weighted by molar-refractivity contribution is 6.31. The number of nitrogens with two attached hydrogens (primary N) is 1. The van der Waals surface area contributed by atoms with Crippen molar-refractivity contribution in [3.8, 4) is 0 Å². The molecule has 0 radical (unpaired) electrons. The number of benzene rings is 1. The summed E-state index contributed by atoms with van der Waals surface area (Å²) in [6, 6.07) is 6.07. The van der Waals surface area contributed by atoms with E-state index in [0.717, 1.165) is 35.4 Å². The van der Waals surface area contributed by atoms with Crippen molar-refractivity contribution in [3.05, 3.63) is 34.3 Å². The molecule has 0 spiro atoms. The van der Waals surface area contributed by atoms with Gasteiger partial charge in [-0.15, -0.1) is 0 Å². The van der Waals surface area contributed by atoms with Gasteiger partial charge in [-0.25, -0.2) is 0 Å². The zero-order valence-electron chi connectivity index (χ0n) is 10.5. The molecule has 0 aromatic heterocycles. The van der Waals surface area contributed by atoms with E-state index in [1.54, 1.807) is 7.11 Å². The largest absolute Gasteiger partial charge is 0.378 e. The van der Waals surface area contributed by atoms with Crippen LogP contribution in [-0.2, 0) is 4.74 Å². The van der Waals surface area contributed by atoms with Crippen molar-refractivity contribution in [2.24, 2.45) is 5.73 Å². The minimum atomic E-state index is 0.00773. The molecule has 1 fully saturated rings. The molecule has 1 aliphatic rings. The number of halogens is 1. The van der Waals surface area contributed by atoms with E-state index >= 15 is 0 Å². The Balaban J connectivity index is 2.08. The summed E-state index contributed by atoms with van der Waals surface area (Å²) >= 11 is 6.12. The van der Waals surface area contributed by atoms with E-state index in [1.165, 1.54) is 6.42 Å². The van der Waals surface area contributed by atoms with Crippen LogP contribution in [0.2, 0.25) is 5.02 Å². The van der Waals surface area contributed by atoms with E-state index < -0.39 is 0 Å². The molecule has 17 heavy (non-hydrogen) atoms. The van der Waals surface area contributed by atoms with Gasteiger partial charge in [-0.05, 0) is 49.8 Å². The fourth-order valence-corrected chi connectivity index (χ4v) is 2.61. The third-order valence-corrected chi connectivity index (χ3v) is 4.32. The van der Waals surface area contributed by atoms with E-state index in [9.17, 15) is 0 Å². The Morgan fingerprint density at radius 1 is 1.47 bits per heavy atom. The molecule has 1 aliphatic carbocycles. The third kappa shape index (κ3) is 2.65. The van der Waals surface area contributed by atoms with Gasteiger partial charge in [0.15, 0.2) is 0 Å². The van der Waals surface area contributed by atoms with E-state index in [1.807, 2.05) is 19.1 Å². The Morgan fingerprint density at radius 3 is 2.65 bits per heavy atom. The molecule has 0 aliphatic heterocycles. The van der Waals surface area contributed by atoms with E-state index in [4.69, 9.17) is 22.1 Å². The van der Waals surface area contributed by atoms with Crippen LogP contribution in [0.4, 0.5) is 0 Å². The second-order valence-electron chi connectivity index (χ2n) is 5.06. The predicted molar refractivity (Wildman–Crippen MR) is 71.3 cm³/mol. The maximum absolute atomic E-state index is 6.25. The van der Waals surface area contributed by atoms with Crippen LogP contribution in [0.3, 0.4) is 0 Å². The first-order valence-electron chi connectivity index (χ1n) is 6.13. The molecule has 0 heterocycles. The lowest BCUT2D eigenvalue weighted by Crippen LogP contribution is -2.41. The molecule has 94 valence electrons. The summed E-state index contributed by atoms with van der Waals surface area (Å²) in [6.07, 6.45) is 4.37. The summed E-state index contributed by atoms with van der Waals surface area (Å²) < 4.78 is 5.61. The van der Waals surface area contributed by atoms with Gasteiger partial charge in [0.2, 0.25) is 0 Å². The highest BCUT2D eigenvalue weighted by Gasteiger charge is 2.38. The summed E-state index contributed by atoms with van der Waals surface area (Å²) in [7, 11) is 1.79. The van der Waals surface area contributed by atoms with Crippen molar-refractivity contribution < 1.29 is 4.74 Å². The molecule has 1 unspecified atom stereocenters. The molecule has 2 N–H and O–H groups in total. The second kappa shape index (κ2) is 4.97. The third-order valence-electron chi connectivity index (χ3n) is 3.91. The fraction of sp³-hybridized carbons (Fsp3) is 0.571. The lowest BCUT2D eigenvalue weighted by atomic mass is 9.75. The SMILES string of the molecule is COC1(CC(N)c2ccc(C)c(Cl)c2)CCC1. The zero-order valence-corrected chi connectivity index (χ0v) is 11.3. The van der Waals surface area contributed by atoms with Gasteiger partial charge in [0.25, 0.3) is 0 Å². The lowest BCUT2D eigenvalue weighted by Gasteiger charge is -2.42. The Labute approximate surface area is 108 Å². The van der Waals surface area contributed by atoms with Gasteiger partial charge in [0.05, 0.1) is 5.60 Å². The minimum absolute atomic E-state index is 0.00773. The average molecular weight is 254 g/mol. The van der Waals surface area contributed by atoms with E-state index in [-0.39, 0.29) is 11.6 Å². The second-order valence-corrected chi connectivity index (χ2v) is 5.47. The van der Waals surface area contributed by atoms with Crippen LogP contribution in [0, 0.1) is 6.92 Å². The number of hydrogen-bond donors (Lipinski definition) is 1. The Morgan fingerprint density at radius 2 is 2.18 bits per heavy atom. The molecule has 0 amide bonds. The predicted octanol–water partition coefficient (Wildman–Crippen LogP) is 3.61. The van der Waals surface area contributed by atoms with Crippen LogP contribution in [0.15, 0.2) is 18.2 Å². The van der Waals surface area contributed by atoms with Crippen molar-refractivity contribution in [1.29, 1.82) is 0 Å². The van der Waals surface area contributed by atoms with Gasteiger partial charge in [-0.2, -0.15) is 0 Å². The minimum Gasteiger partial charge on any atom is -0.378 e. The van der Waals surface area contributed by atoms with Gasteiger partial charge < -0.3 is 10.5 Å². The Hall–Kier alpha value is -0.570. The zero-order chi connectivity index (χ0) is 12.5. The van der Waals surface area contributed by atoms with E-state index in [2.05, 4.69) is 6.07 Å². The van der Waals surface area contributed by atoms with Crippen LogP contribution < -0.4 is 5.73 Å². The quantitative estimate of drug-likeness (QED) is 0.890. The van der Waals surface area contributed by atoms with Gasteiger partial charge in [0, 0.05) is 18.2 Å². The fourth-order valence-electron chi connectivity index (χ4n) is 2.42. The molecule has 0 saturated heterocycles. The standard InChI is InChI=1S/C14H20ClNO/c1-10-4-5-11(8-12(10)15)13(16)9-14(17-2)6-3-7-14/h4-5,8,13H,3,6-7,9,16H2,1-2H3. The Kier molecular flexibility index (Phi) is 3.76. The van der Waals surface area contributed by atoms with Gasteiger partial charge in [0.1, 0.15) is 0 Å². The highest BCUT2D eigenvalue weighted by Crippen LogP contribution is 2.41. The molecule has 1 saturated carbocycles. The first kappa shape index (κ1) is 12.9. The lowest BCUT2D eigenvalue weighted by molar-refractivity contribution is -0.0816. The van der Waals surface area contributed by atoms with Crippen molar-refractivity contribution >= 4 is 11.6 Å². The maximum Gasteiger partial charge on any atom is 0.0696 e. The molecule has 2 nitrogen and oxygen atoms in total.